The van der Waals surface area contributed by atoms with Crippen molar-refractivity contribution in [3.63, 3.8) is 0 Å². The Labute approximate surface area is 75.7 Å². The Morgan fingerprint density at radius 1 is 1.31 bits per heavy atom. The van der Waals surface area contributed by atoms with Crippen LogP contribution in [0.15, 0.2) is 12.1 Å². The molecule has 3 nitrogen and oxygen atoms in total. The van der Waals surface area contributed by atoms with E-state index in [1.54, 1.807) is 0 Å². The van der Waals surface area contributed by atoms with E-state index in [1.165, 1.54) is 26.4 Å². The van der Waals surface area contributed by atoms with Crippen molar-refractivity contribution in [2.75, 3.05) is 14.2 Å². The van der Waals surface area contributed by atoms with Gasteiger partial charge < -0.3 is 14.6 Å². The number of hydrogen-bond donors (Lipinski definition) is 1. The molecule has 0 spiro atoms. The number of halogens is 1. The fourth-order valence-electron chi connectivity index (χ4n) is 1.12. The number of rotatable bonds is 3. The summed E-state index contributed by atoms with van der Waals surface area (Å²) in [5.74, 6) is 0.194. The molecule has 0 bridgehead atoms. The maximum atomic E-state index is 12.9. The van der Waals surface area contributed by atoms with Crippen LogP contribution in [0.25, 0.3) is 0 Å². The summed E-state index contributed by atoms with van der Waals surface area (Å²) in [7, 11) is 2.85. The van der Waals surface area contributed by atoms with Gasteiger partial charge in [0, 0.05) is 11.6 Å². The first-order valence-electron chi connectivity index (χ1n) is 3.74. The maximum Gasteiger partial charge on any atom is 0.166 e. The summed E-state index contributed by atoms with van der Waals surface area (Å²) in [5.41, 5.74) is 0.374. The Hall–Kier alpha value is -1.29. The third-order valence-corrected chi connectivity index (χ3v) is 1.69. The molecule has 0 radical (unpaired) electrons. The van der Waals surface area contributed by atoms with Crippen LogP contribution in [0, 0.1) is 5.82 Å². The molecular formula is C9H11FO3. The molecule has 0 saturated carbocycles. The molecule has 0 heterocycles. The molecule has 0 aliphatic carbocycles. The number of aliphatic hydroxyl groups is 1. The summed E-state index contributed by atoms with van der Waals surface area (Å²) in [4.78, 5) is 0. The molecule has 0 unspecified atom stereocenters. The lowest BCUT2D eigenvalue weighted by atomic mass is 10.2. The van der Waals surface area contributed by atoms with Gasteiger partial charge in [-0.2, -0.15) is 0 Å². The van der Waals surface area contributed by atoms with E-state index in [-0.39, 0.29) is 12.4 Å². The van der Waals surface area contributed by atoms with E-state index < -0.39 is 5.82 Å². The fraction of sp³-hybridized carbons (Fsp3) is 0.333. The second-order valence-electron chi connectivity index (χ2n) is 2.46. The Morgan fingerprint density at radius 2 is 2.00 bits per heavy atom. The smallest absolute Gasteiger partial charge is 0.166 e. The van der Waals surface area contributed by atoms with Gasteiger partial charge in [0.2, 0.25) is 0 Å². The van der Waals surface area contributed by atoms with Crippen LogP contribution in [-0.4, -0.2) is 19.3 Å². The Balaban J connectivity index is 3.25. The molecule has 0 atom stereocenters. The quantitative estimate of drug-likeness (QED) is 0.774. The molecule has 0 amide bonds. The molecule has 0 aliphatic rings. The van der Waals surface area contributed by atoms with Crippen molar-refractivity contribution in [2.45, 2.75) is 6.61 Å². The van der Waals surface area contributed by atoms with Crippen molar-refractivity contribution >= 4 is 0 Å². The average molecular weight is 186 g/mol. The van der Waals surface area contributed by atoms with Crippen LogP contribution in [-0.2, 0) is 6.61 Å². The van der Waals surface area contributed by atoms with Gasteiger partial charge in [-0.15, -0.1) is 0 Å². The van der Waals surface area contributed by atoms with Crippen LogP contribution in [0.5, 0.6) is 11.5 Å². The van der Waals surface area contributed by atoms with Gasteiger partial charge in [-0.25, -0.2) is 4.39 Å². The highest BCUT2D eigenvalue weighted by atomic mass is 19.1. The van der Waals surface area contributed by atoms with Gasteiger partial charge in [0.15, 0.2) is 11.5 Å². The van der Waals surface area contributed by atoms with Crippen molar-refractivity contribution in [1.82, 2.24) is 0 Å². The highest BCUT2D eigenvalue weighted by molar-refractivity contribution is 5.46. The van der Waals surface area contributed by atoms with E-state index >= 15 is 0 Å². The minimum absolute atomic E-state index is 0.280. The monoisotopic (exact) mass is 186 g/mol. The van der Waals surface area contributed by atoms with Crippen molar-refractivity contribution in [3.8, 4) is 11.5 Å². The van der Waals surface area contributed by atoms with Gasteiger partial charge in [0.05, 0.1) is 20.8 Å². The van der Waals surface area contributed by atoms with E-state index in [0.29, 0.717) is 11.3 Å². The predicted molar refractivity (Wildman–Crippen MR) is 45.4 cm³/mol. The molecule has 0 saturated heterocycles. The Morgan fingerprint density at radius 3 is 2.46 bits per heavy atom. The summed E-state index contributed by atoms with van der Waals surface area (Å²) >= 11 is 0. The number of aliphatic hydroxyl groups excluding tert-OH is 1. The zero-order valence-corrected chi connectivity index (χ0v) is 7.50. The zero-order valence-electron chi connectivity index (χ0n) is 7.50. The summed E-state index contributed by atoms with van der Waals surface area (Å²) in [6, 6.07) is 2.42. The fourth-order valence-corrected chi connectivity index (χ4v) is 1.12. The molecule has 1 rings (SSSR count). The minimum atomic E-state index is -0.457. The molecule has 1 aromatic rings. The van der Waals surface area contributed by atoms with E-state index in [2.05, 4.69) is 0 Å². The lowest BCUT2D eigenvalue weighted by Gasteiger charge is -2.10. The first kappa shape index (κ1) is 9.80. The van der Waals surface area contributed by atoms with E-state index in [9.17, 15) is 4.39 Å². The van der Waals surface area contributed by atoms with Crippen molar-refractivity contribution in [2.24, 2.45) is 0 Å². The molecule has 1 N–H and O–H groups in total. The number of benzene rings is 1. The third kappa shape index (κ3) is 1.89. The summed E-state index contributed by atoms with van der Waals surface area (Å²) in [6.45, 7) is -0.280. The standard InChI is InChI=1S/C9H11FO3/c1-12-8-4-7(10)3-6(5-11)9(8)13-2/h3-4,11H,5H2,1-2H3. The van der Waals surface area contributed by atoms with Gasteiger partial charge in [0.1, 0.15) is 5.82 Å². The zero-order chi connectivity index (χ0) is 9.84. The number of ether oxygens (including phenoxy) is 2. The lowest BCUT2D eigenvalue weighted by molar-refractivity contribution is 0.268. The molecule has 1 aromatic carbocycles. The van der Waals surface area contributed by atoms with Crippen LogP contribution in [0.4, 0.5) is 4.39 Å². The Kier molecular flexibility index (Phi) is 3.08. The predicted octanol–water partition coefficient (Wildman–Crippen LogP) is 1.34. The van der Waals surface area contributed by atoms with Gasteiger partial charge >= 0.3 is 0 Å². The molecule has 0 aliphatic heterocycles. The summed E-state index contributed by atoms with van der Waals surface area (Å²) in [5, 5.41) is 8.89. The van der Waals surface area contributed by atoms with Gasteiger partial charge in [-0.3, -0.25) is 0 Å². The first-order valence-corrected chi connectivity index (χ1v) is 3.74. The van der Waals surface area contributed by atoms with E-state index in [0.717, 1.165) is 0 Å². The van der Waals surface area contributed by atoms with Crippen molar-refractivity contribution < 1.29 is 19.0 Å². The number of hydrogen-bond acceptors (Lipinski definition) is 3. The number of methoxy groups -OCH3 is 2. The SMILES string of the molecule is COc1cc(F)cc(CO)c1OC. The largest absolute Gasteiger partial charge is 0.493 e. The van der Waals surface area contributed by atoms with Crippen molar-refractivity contribution in [3.05, 3.63) is 23.5 Å². The Bertz CT molecular complexity index is 274. The molecule has 4 heteroatoms. The van der Waals surface area contributed by atoms with Crippen LogP contribution in [0.3, 0.4) is 0 Å². The minimum Gasteiger partial charge on any atom is -0.493 e. The molecular weight excluding hydrogens is 175 g/mol. The second-order valence-corrected chi connectivity index (χ2v) is 2.46. The second kappa shape index (κ2) is 4.09. The maximum absolute atomic E-state index is 12.9. The van der Waals surface area contributed by atoms with E-state index in [4.69, 9.17) is 14.6 Å². The first-order chi connectivity index (χ1) is 6.22. The van der Waals surface area contributed by atoms with E-state index in [1.807, 2.05) is 0 Å². The molecule has 72 valence electrons. The molecule has 13 heavy (non-hydrogen) atoms. The lowest BCUT2D eigenvalue weighted by Crippen LogP contribution is -1.97. The third-order valence-electron chi connectivity index (χ3n) is 1.69. The molecule has 0 fully saturated rings. The van der Waals surface area contributed by atoms with Gasteiger partial charge in [0.25, 0.3) is 0 Å². The topological polar surface area (TPSA) is 38.7 Å². The van der Waals surface area contributed by atoms with Crippen LogP contribution < -0.4 is 9.47 Å². The van der Waals surface area contributed by atoms with Gasteiger partial charge in [-0.1, -0.05) is 0 Å². The highest BCUT2D eigenvalue weighted by Crippen LogP contribution is 2.31. The normalized spacial score (nSPS) is 9.85. The van der Waals surface area contributed by atoms with Gasteiger partial charge in [-0.05, 0) is 6.07 Å². The summed E-state index contributed by atoms with van der Waals surface area (Å²) < 4.78 is 22.7. The van der Waals surface area contributed by atoms with Crippen LogP contribution in [0.2, 0.25) is 0 Å². The summed E-state index contributed by atoms with van der Waals surface area (Å²) in [6.07, 6.45) is 0. The highest BCUT2D eigenvalue weighted by Gasteiger charge is 2.11. The average Bonchev–Trinajstić information content (AvgIpc) is 2.16. The van der Waals surface area contributed by atoms with Crippen molar-refractivity contribution in [1.29, 1.82) is 0 Å². The molecule has 0 aromatic heterocycles. The van der Waals surface area contributed by atoms with Crippen LogP contribution >= 0.6 is 0 Å². The van der Waals surface area contributed by atoms with Crippen LogP contribution in [0.1, 0.15) is 5.56 Å².